The van der Waals surface area contributed by atoms with Gasteiger partial charge in [-0.1, -0.05) is 64.1 Å². The molecule has 2 aromatic carbocycles. The Morgan fingerprint density at radius 2 is 1.71 bits per heavy atom. The second kappa shape index (κ2) is 16.6. The molecule has 2 N–H and O–H groups in total. The number of ether oxygens (including phenoxy) is 1. The Labute approximate surface area is 351 Å². The van der Waals surface area contributed by atoms with Crippen LogP contribution >= 0.6 is 11.6 Å². The van der Waals surface area contributed by atoms with Gasteiger partial charge in [0, 0.05) is 67.3 Å². The maximum absolute atomic E-state index is 13.4. The number of rotatable bonds is 13. The van der Waals surface area contributed by atoms with E-state index in [2.05, 4.69) is 59.0 Å². The van der Waals surface area contributed by atoms with Crippen LogP contribution < -0.4 is 20.3 Å². The lowest BCUT2D eigenvalue weighted by molar-refractivity contribution is -0.164. The van der Waals surface area contributed by atoms with Gasteiger partial charge in [-0.25, -0.2) is 17.7 Å². The van der Waals surface area contributed by atoms with Crippen LogP contribution in [0.25, 0.3) is 0 Å². The van der Waals surface area contributed by atoms with Crippen LogP contribution in [0.5, 0.6) is 5.75 Å². The molecule has 0 spiro atoms. The van der Waals surface area contributed by atoms with Gasteiger partial charge in [-0.05, 0) is 74.2 Å². The van der Waals surface area contributed by atoms with Crippen molar-refractivity contribution in [3.63, 3.8) is 0 Å². The van der Waals surface area contributed by atoms with Crippen molar-refractivity contribution in [1.82, 2.24) is 24.8 Å². The smallest absolute Gasteiger partial charge is 0.269 e. The summed E-state index contributed by atoms with van der Waals surface area (Å²) in [7, 11) is -4.20. The first-order valence-corrected chi connectivity index (χ1v) is 22.1. The molecule has 1 aromatic heterocycles. The number of carbonyl (C=O) groups excluding carboxylic acids is 4. The molecule has 3 fully saturated rings. The molecular weight excluding hydrogens is 792 g/mol. The van der Waals surface area contributed by atoms with E-state index in [1.807, 2.05) is 18.2 Å². The normalized spacial score (nSPS) is 23.2. The number of imide groups is 1. The number of nitrogens with one attached hydrogen (secondary N) is 2. The summed E-state index contributed by atoms with van der Waals surface area (Å²) in [5, 5.41) is 5.85. The van der Waals surface area contributed by atoms with E-state index in [0.29, 0.717) is 32.6 Å². The summed E-state index contributed by atoms with van der Waals surface area (Å²) in [6, 6.07) is 12.6. The minimum Gasteiger partial charge on any atom is -0.489 e. The molecule has 1 aliphatic carbocycles. The van der Waals surface area contributed by atoms with Crippen LogP contribution in [-0.4, -0.2) is 97.1 Å². The van der Waals surface area contributed by atoms with Crippen LogP contribution in [0.2, 0.25) is 5.02 Å². The zero-order chi connectivity index (χ0) is 42.3. The monoisotopic (exact) mass is 842 g/mol. The third-order valence-electron chi connectivity index (χ3n) is 12.4. The predicted octanol–water partition coefficient (Wildman–Crippen LogP) is 5.20. The van der Waals surface area contributed by atoms with Gasteiger partial charge in [0.1, 0.15) is 28.6 Å². The number of nitrogens with zero attached hydrogens (tertiary/aromatic N) is 4. The van der Waals surface area contributed by atoms with Gasteiger partial charge in [-0.15, -0.1) is 6.42 Å². The molecule has 0 bridgehead atoms. The lowest BCUT2D eigenvalue weighted by atomic mass is 9.49. The molecule has 1 saturated carbocycles. The van der Waals surface area contributed by atoms with E-state index in [9.17, 15) is 27.6 Å². The number of anilines is 1. The van der Waals surface area contributed by atoms with Crippen LogP contribution in [-0.2, 0) is 26.0 Å². The number of sulfonamides is 1. The minimum atomic E-state index is -4.20. The number of halogens is 1. The van der Waals surface area contributed by atoms with E-state index in [-0.39, 0.29) is 52.2 Å². The molecule has 1 atom stereocenters. The van der Waals surface area contributed by atoms with Crippen LogP contribution in [0.4, 0.5) is 5.82 Å². The van der Waals surface area contributed by atoms with Crippen molar-refractivity contribution in [3.05, 3.63) is 82.0 Å². The van der Waals surface area contributed by atoms with Crippen molar-refractivity contribution >= 4 is 51.1 Å². The van der Waals surface area contributed by atoms with Gasteiger partial charge in [-0.3, -0.25) is 29.4 Å². The second-order valence-electron chi connectivity index (χ2n) is 17.1. The fourth-order valence-electron chi connectivity index (χ4n) is 9.42. The van der Waals surface area contributed by atoms with Crippen LogP contribution in [0.1, 0.15) is 98.1 Å². The molecule has 3 aromatic rings. The summed E-state index contributed by atoms with van der Waals surface area (Å²) in [5.41, 5.74) is 1.30. The van der Waals surface area contributed by atoms with E-state index in [4.69, 9.17) is 22.8 Å². The molecule has 312 valence electrons. The molecule has 4 amide bonds. The van der Waals surface area contributed by atoms with E-state index < -0.39 is 33.8 Å². The number of piperidine rings is 1. The number of benzene rings is 2. The zero-order valence-electron chi connectivity index (χ0n) is 33.9. The van der Waals surface area contributed by atoms with Gasteiger partial charge in [0.15, 0.2) is 0 Å². The number of unbranched alkanes of at least 4 members (excludes halogenated alkanes) is 3. The Hall–Kier alpha value is -4.97. The highest BCUT2D eigenvalue weighted by molar-refractivity contribution is 7.90. The maximum Gasteiger partial charge on any atom is 0.269 e. The fraction of sp³-hybridized carbons (Fsp3) is 0.477. The molecule has 13 nitrogen and oxygen atoms in total. The summed E-state index contributed by atoms with van der Waals surface area (Å²) in [5.74, 6) is 1.90. The first kappa shape index (κ1) is 42.2. The maximum atomic E-state index is 13.4. The number of fused-ring (bicyclic) bond motifs is 1. The molecule has 4 heterocycles. The van der Waals surface area contributed by atoms with Crippen molar-refractivity contribution in [2.24, 2.45) is 10.8 Å². The molecule has 3 aliphatic heterocycles. The summed E-state index contributed by atoms with van der Waals surface area (Å²) < 4.78 is 33.7. The number of aromatic nitrogens is 1. The number of pyridine rings is 1. The molecule has 1 unspecified atom stereocenters. The number of hydrogen-bond acceptors (Lipinski definition) is 10. The number of terminal acetylenes is 1. The highest BCUT2D eigenvalue weighted by Gasteiger charge is 2.64. The Balaban J connectivity index is 0.816. The van der Waals surface area contributed by atoms with E-state index in [1.54, 1.807) is 30.5 Å². The van der Waals surface area contributed by atoms with Crippen LogP contribution in [0.3, 0.4) is 0 Å². The van der Waals surface area contributed by atoms with E-state index in [1.165, 1.54) is 6.07 Å². The quantitative estimate of drug-likeness (QED) is 0.133. The number of aryl methyl sites for hydroxylation is 1. The highest BCUT2D eigenvalue weighted by atomic mass is 35.5. The average Bonchev–Trinajstić information content (AvgIpc) is 3.40. The SMILES string of the molecule is C#Cc1ccc(OC2C(C)(C)C(NC(=O)c3ccc(N4CCN(CCCCCCc5ccc6c(c5)S(=O)(=O)N(C5CCC(=O)NC5=O)C6=O)CC4)nc3)C2(C)C)cc1Cl. The number of piperazine rings is 1. The van der Waals surface area contributed by atoms with Crippen LogP contribution in [0, 0.1) is 23.2 Å². The van der Waals surface area contributed by atoms with Gasteiger partial charge < -0.3 is 15.0 Å². The minimum absolute atomic E-state index is 0.0241. The lowest BCUT2D eigenvalue weighted by Crippen LogP contribution is -2.74. The Morgan fingerprint density at radius 3 is 2.37 bits per heavy atom. The third-order valence-corrected chi connectivity index (χ3v) is 14.5. The molecule has 7 rings (SSSR count). The second-order valence-corrected chi connectivity index (χ2v) is 19.3. The largest absolute Gasteiger partial charge is 0.489 e. The summed E-state index contributed by atoms with van der Waals surface area (Å²) in [6.07, 6.45) is 11.6. The van der Waals surface area contributed by atoms with Crippen molar-refractivity contribution in [2.45, 2.75) is 95.7 Å². The fourth-order valence-corrected chi connectivity index (χ4v) is 11.4. The van der Waals surface area contributed by atoms with E-state index >= 15 is 0 Å². The first-order chi connectivity index (χ1) is 28.0. The van der Waals surface area contributed by atoms with E-state index in [0.717, 1.165) is 69.8 Å². The molecule has 59 heavy (non-hydrogen) atoms. The van der Waals surface area contributed by atoms with Crippen molar-refractivity contribution in [3.8, 4) is 18.1 Å². The van der Waals surface area contributed by atoms with Crippen molar-refractivity contribution < 1.29 is 32.3 Å². The van der Waals surface area contributed by atoms with Crippen molar-refractivity contribution in [1.29, 1.82) is 0 Å². The molecule has 2 saturated heterocycles. The molecule has 4 aliphatic rings. The van der Waals surface area contributed by atoms with Gasteiger partial charge in [-0.2, -0.15) is 0 Å². The molecule has 0 radical (unpaired) electrons. The highest BCUT2D eigenvalue weighted by Crippen LogP contribution is 2.55. The summed E-state index contributed by atoms with van der Waals surface area (Å²) >= 11 is 6.32. The van der Waals surface area contributed by atoms with Crippen molar-refractivity contribution in [2.75, 3.05) is 37.6 Å². The van der Waals surface area contributed by atoms with Crippen LogP contribution in [0.15, 0.2) is 59.6 Å². The zero-order valence-corrected chi connectivity index (χ0v) is 35.5. The number of amides is 4. The topological polar surface area (TPSA) is 158 Å². The summed E-state index contributed by atoms with van der Waals surface area (Å²) in [4.78, 5) is 59.7. The molecule has 15 heteroatoms. The standard InChI is InChI=1S/C44H51ClN6O7S/c1-6-29-13-15-31(26-33(29)45)58-42-43(2,3)41(44(42,4)5)48-38(53)30-14-18-36(46-27-30)50-23-21-49(22-24-50)20-10-8-7-9-11-28-12-16-32-35(25-28)59(56,57)51(40(32)55)34-17-19-37(52)47-39(34)54/h1,12-16,18,25-27,34,41-42H,7-11,17,19-24H2,2-5H3,(H,48,53)(H,47,52,54). The lowest BCUT2D eigenvalue weighted by Gasteiger charge is -2.63. The third kappa shape index (κ3) is 8.29. The number of hydrogen-bond donors (Lipinski definition) is 2. The van der Waals surface area contributed by atoms with Gasteiger partial charge in [0.25, 0.3) is 27.7 Å². The Kier molecular flexibility index (Phi) is 11.9. The van der Waals surface area contributed by atoms with Gasteiger partial charge in [0.2, 0.25) is 5.91 Å². The predicted molar refractivity (Wildman–Crippen MR) is 224 cm³/mol. The molecular formula is C44H51ClN6O7S. The summed E-state index contributed by atoms with van der Waals surface area (Å²) in [6.45, 7) is 12.9. The average molecular weight is 843 g/mol. The Bertz CT molecular complexity index is 2280. The first-order valence-electron chi connectivity index (χ1n) is 20.2. The Morgan fingerprint density at radius 1 is 0.983 bits per heavy atom. The van der Waals surface area contributed by atoms with Gasteiger partial charge >= 0.3 is 0 Å². The van der Waals surface area contributed by atoms with Gasteiger partial charge in [0.05, 0.1) is 16.1 Å². The number of carbonyl (C=O) groups is 4.